The Labute approximate surface area is 105 Å². The SMILES string of the molecule is Cc1ccc(-n2ccc(C(C)(CF)CF)n2)cc1. The zero-order chi connectivity index (χ0) is 13.2. The summed E-state index contributed by atoms with van der Waals surface area (Å²) in [5.41, 5.74) is 1.33. The van der Waals surface area contributed by atoms with E-state index in [1.807, 2.05) is 31.2 Å². The lowest BCUT2D eigenvalue weighted by Gasteiger charge is -2.19. The fourth-order valence-electron chi connectivity index (χ4n) is 1.66. The molecule has 0 aliphatic carbocycles. The van der Waals surface area contributed by atoms with Gasteiger partial charge in [0.25, 0.3) is 0 Å². The molecule has 0 radical (unpaired) electrons. The van der Waals surface area contributed by atoms with Crippen LogP contribution < -0.4 is 0 Å². The molecule has 1 aromatic heterocycles. The first-order valence-electron chi connectivity index (χ1n) is 5.84. The number of aryl methyl sites for hydroxylation is 1. The normalized spacial score (nSPS) is 11.8. The average Bonchev–Trinajstić information content (AvgIpc) is 2.89. The first kappa shape index (κ1) is 12.7. The first-order chi connectivity index (χ1) is 8.59. The Morgan fingerprint density at radius 2 is 1.72 bits per heavy atom. The maximum absolute atomic E-state index is 12.9. The molecule has 0 bridgehead atoms. The molecule has 0 saturated carbocycles. The molecule has 4 heteroatoms. The van der Waals surface area contributed by atoms with E-state index in [1.165, 1.54) is 6.92 Å². The van der Waals surface area contributed by atoms with Gasteiger partial charge in [0, 0.05) is 6.20 Å². The fraction of sp³-hybridized carbons (Fsp3) is 0.357. The summed E-state index contributed by atoms with van der Waals surface area (Å²) in [6.07, 6.45) is 1.73. The molecule has 18 heavy (non-hydrogen) atoms. The topological polar surface area (TPSA) is 17.8 Å². The molecular formula is C14H16F2N2. The molecule has 0 amide bonds. The number of hydrogen-bond acceptors (Lipinski definition) is 1. The van der Waals surface area contributed by atoms with Crippen LogP contribution in [-0.2, 0) is 5.41 Å². The number of rotatable bonds is 4. The lowest BCUT2D eigenvalue weighted by molar-refractivity contribution is 0.252. The Hall–Kier alpha value is -1.71. The lowest BCUT2D eigenvalue weighted by atomic mass is 9.90. The van der Waals surface area contributed by atoms with Crippen molar-refractivity contribution in [1.29, 1.82) is 0 Å². The maximum atomic E-state index is 12.9. The highest BCUT2D eigenvalue weighted by Gasteiger charge is 2.29. The van der Waals surface area contributed by atoms with Crippen LogP contribution in [0.1, 0.15) is 18.2 Å². The molecule has 2 rings (SSSR count). The van der Waals surface area contributed by atoms with Gasteiger partial charge in [0.2, 0.25) is 0 Å². The zero-order valence-corrected chi connectivity index (χ0v) is 10.5. The number of halogens is 2. The Bertz CT molecular complexity index is 513. The van der Waals surface area contributed by atoms with Crippen molar-refractivity contribution in [2.24, 2.45) is 0 Å². The second-order valence-corrected chi connectivity index (χ2v) is 4.81. The van der Waals surface area contributed by atoms with Crippen LogP contribution >= 0.6 is 0 Å². The molecule has 0 fully saturated rings. The Morgan fingerprint density at radius 1 is 1.11 bits per heavy atom. The van der Waals surface area contributed by atoms with Gasteiger partial charge < -0.3 is 0 Å². The van der Waals surface area contributed by atoms with Gasteiger partial charge >= 0.3 is 0 Å². The highest BCUT2D eigenvalue weighted by molar-refractivity contribution is 5.34. The van der Waals surface area contributed by atoms with Crippen molar-refractivity contribution in [3.8, 4) is 5.69 Å². The Balaban J connectivity index is 2.33. The van der Waals surface area contributed by atoms with E-state index in [4.69, 9.17) is 0 Å². The van der Waals surface area contributed by atoms with Crippen molar-refractivity contribution in [2.45, 2.75) is 19.3 Å². The van der Waals surface area contributed by atoms with Gasteiger partial charge in [-0.15, -0.1) is 0 Å². The van der Waals surface area contributed by atoms with E-state index in [0.717, 1.165) is 11.3 Å². The van der Waals surface area contributed by atoms with E-state index >= 15 is 0 Å². The largest absolute Gasteiger partial charge is 0.250 e. The summed E-state index contributed by atoms with van der Waals surface area (Å²) in [7, 11) is 0. The number of hydrogen-bond donors (Lipinski definition) is 0. The van der Waals surface area contributed by atoms with Crippen LogP contribution in [0.3, 0.4) is 0 Å². The standard InChI is InChI=1S/C14H16F2N2/c1-11-3-5-12(6-4-11)18-8-7-13(17-18)14(2,9-15)10-16/h3-8H,9-10H2,1-2H3. The number of alkyl halides is 2. The molecular weight excluding hydrogens is 234 g/mol. The lowest BCUT2D eigenvalue weighted by Crippen LogP contribution is -2.28. The summed E-state index contributed by atoms with van der Waals surface area (Å²) in [6.45, 7) is 2.03. The van der Waals surface area contributed by atoms with Gasteiger partial charge in [0.05, 0.1) is 16.8 Å². The van der Waals surface area contributed by atoms with Gasteiger partial charge in [0.1, 0.15) is 13.3 Å². The van der Waals surface area contributed by atoms with E-state index in [2.05, 4.69) is 5.10 Å². The average molecular weight is 250 g/mol. The molecule has 0 unspecified atom stereocenters. The van der Waals surface area contributed by atoms with Crippen LogP contribution in [0.4, 0.5) is 8.78 Å². The van der Waals surface area contributed by atoms with Gasteiger partial charge in [-0.05, 0) is 32.0 Å². The third kappa shape index (κ3) is 2.28. The smallest absolute Gasteiger partial charge is 0.103 e. The highest BCUT2D eigenvalue weighted by atomic mass is 19.1. The van der Waals surface area contributed by atoms with Crippen LogP contribution in [0.25, 0.3) is 5.69 Å². The summed E-state index contributed by atoms with van der Waals surface area (Å²) in [6, 6.07) is 9.46. The van der Waals surface area contributed by atoms with E-state index < -0.39 is 18.8 Å². The molecule has 0 atom stereocenters. The molecule has 96 valence electrons. The fourth-order valence-corrected chi connectivity index (χ4v) is 1.66. The third-order valence-corrected chi connectivity index (χ3v) is 3.10. The second kappa shape index (κ2) is 4.88. The van der Waals surface area contributed by atoms with Crippen molar-refractivity contribution >= 4 is 0 Å². The van der Waals surface area contributed by atoms with Crippen molar-refractivity contribution in [1.82, 2.24) is 9.78 Å². The number of benzene rings is 1. The molecule has 0 spiro atoms. The monoisotopic (exact) mass is 250 g/mol. The molecule has 1 aromatic carbocycles. The molecule has 0 aliphatic heterocycles. The Kier molecular flexibility index (Phi) is 3.45. The summed E-state index contributed by atoms with van der Waals surface area (Å²) >= 11 is 0. The molecule has 0 aliphatic rings. The van der Waals surface area contributed by atoms with Gasteiger partial charge in [-0.3, -0.25) is 0 Å². The number of aromatic nitrogens is 2. The predicted octanol–water partition coefficient (Wildman–Crippen LogP) is 3.38. The number of nitrogens with zero attached hydrogens (tertiary/aromatic N) is 2. The van der Waals surface area contributed by atoms with Crippen LogP contribution in [0.15, 0.2) is 36.5 Å². The first-order valence-corrected chi connectivity index (χ1v) is 5.84. The van der Waals surface area contributed by atoms with Gasteiger partial charge in [-0.2, -0.15) is 5.10 Å². The predicted molar refractivity (Wildman–Crippen MR) is 67.6 cm³/mol. The van der Waals surface area contributed by atoms with Crippen molar-refractivity contribution in [2.75, 3.05) is 13.3 Å². The minimum Gasteiger partial charge on any atom is -0.250 e. The summed E-state index contributed by atoms with van der Waals surface area (Å²) in [5, 5.41) is 4.26. The second-order valence-electron chi connectivity index (χ2n) is 4.81. The van der Waals surface area contributed by atoms with Gasteiger partial charge in [-0.1, -0.05) is 17.7 Å². The van der Waals surface area contributed by atoms with Gasteiger partial charge in [-0.25, -0.2) is 13.5 Å². The van der Waals surface area contributed by atoms with Crippen LogP contribution in [0, 0.1) is 6.92 Å². The molecule has 0 saturated heterocycles. The highest BCUT2D eigenvalue weighted by Crippen LogP contribution is 2.24. The molecule has 0 N–H and O–H groups in total. The molecule has 2 aromatic rings. The van der Waals surface area contributed by atoms with E-state index in [9.17, 15) is 8.78 Å². The van der Waals surface area contributed by atoms with Crippen molar-refractivity contribution < 1.29 is 8.78 Å². The summed E-state index contributed by atoms with van der Waals surface area (Å²) < 4.78 is 27.4. The molecule has 1 heterocycles. The summed E-state index contributed by atoms with van der Waals surface area (Å²) in [4.78, 5) is 0. The van der Waals surface area contributed by atoms with Gasteiger partial charge in [0.15, 0.2) is 0 Å². The van der Waals surface area contributed by atoms with Crippen LogP contribution in [-0.4, -0.2) is 23.1 Å². The molecule has 2 nitrogen and oxygen atoms in total. The summed E-state index contributed by atoms with van der Waals surface area (Å²) in [5.74, 6) is 0. The minimum absolute atomic E-state index is 0.438. The van der Waals surface area contributed by atoms with E-state index in [-0.39, 0.29) is 0 Å². The quantitative estimate of drug-likeness (QED) is 0.813. The van der Waals surface area contributed by atoms with E-state index in [1.54, 1.807) is 16.9 Å². The maximum Gasteiger partial charge on any atom is 0.103 e. The van der Waals surface area contributed by atoms with Crippen LogP contribution in [0.5, 0.6) is 0 Å². The van der Waals surface area contributed by atoms with E-state index in [0.29, 0.717) is 5.69 Å². The van der Waals surface area contributed by atoms with Crippen molar-refractivity contribution in [3.05, 3.63) is 47.8 Å². The third-order valence-electron chi connectivity index (χ3n) is 3.10. The minimum atomic E-state index is -1.14. The Morgan fingerprint density at radius 3 is 2.28 bits per heavy atom. The zero-order valence-electron chi connectivity index (χ0n) is 10.5. The van der Waals surface area contributed by atoms with Crippen LogP contribution in [0.2, 0.25) is 0 Å². The van der Waals surface area contributed by atoms with Crippen molar-refractivity contribution in [3.63, 3.8) is 0 Å².